The van der Waals surface area contributed by atoms with Crippen molar-refractivity contribution in [2.45, 2.75) is 46.8 Å². The van der Waals surface area contributed by atoms with E-state index in [2.05, 4.69) is 36.1 Å². The van der Waals surface area contributed by atoms with Gasteiger partial charge in [0.1, 0.15) is 5.82 Å². The first-order chi connectivity index (χ1) is 14.3. The van der Waals surface area contributed by atoms with Crippen LogP contribution in [0.25, 0.3) is 11.1 Å². The molecule has 0 saturated carbocycles. The molecule has 0 unspecified atom stereocenters. The van der Waals surface area contributed by atoms with Crippen LogP contribution in [0.15, 0.2) is 48.5 Å². The molecule has 0 fully saturated rings. The first-order valence-corrected chi connectivity index (χ1v) is 10.2. The molecule has 1 aliphatic rings. The molecule has 3 aromatic rings. The summed E-state index contributed by atoms with van der Waals surface area (Å²) in [6, 6.07) is 15.0. The zero-order chi connectivity index (χ0) is 21.4. The van der Waals surface area contributed by atoms with Crippen molar-refractivity contribution in [2.24, 2.45) is 0 Å². The van der Waals surface area contributed by atoms with Gasteiger partial charge in [0.05, 0.1) is 6.42 Å². The lowest BCUT2D eigenvalue weighted by Crippen LogP contribution is -2.15. The largest absolute Gasteiger partial charge is 0.481 e. The van der Waals surface area contributed by atoms with Crippen molar-refractivity contribution in [3.8, 4) is 11.1 Å². The summed E-state index contributed by atoms with van der Waals surface area (Å²) in [6.45, 7) is 8.39. The van der Waals surface area contributed by atoms with Gasteiger partial charge in [0.25, 0.3) is 0 Å². The summed E-state index contributed by atoms with van der Waals surface area (Å²) in [7, 11) is 0. The summed E-state index contributed by atoms with van der Waals surface area (Å²) < 4.78 is 13.6. The highest BCUT2D eigenvalue weighted by molar-refractivity contribution is 5.81. The van der Waals surface area contributed by atoms with Crippen LogP contribution in [0.2, 0.25) is 0 Å². The van der Waals surface area contributed by atoms with Crippen LogP contribution < -0.4 is 0 Å². The standard InChI is InChI=1S/C26H26FNO2/c1-16-7-9-20(10-8-16)26-18(3)24-15-28(13-19-5-4-6-21(27)11-19)14-23(24)17(2)22(26)12-25(29)30/h4-11H,12-15H2,1-3H3,(H,29,30). The normalized spacial score (nSPS) is 13.5. The Bertz CT molecular complexity index is 1120. The molecular weight excluding hydrogens is 377 g/mol. The summed E-state index contributed by atoms with van der Waals surface area (Å²) in [5.74, 6) is -1.04. The van der Waals surface area contributed by atoms with Crippen LogP contribution in [-0.2, 0) is 30.8 Å². The lowest BCUT2D eigenvalue weighted by molar-refractivity contribution is -0.136. The van der Waals surface area contributed by atoms with Crippen molar-refractivity contribution in [1.82, 2.24) is 4.90 Å². The molecule has 3 nitrogen and oxygen atoms in total. The van der Waals surface area contributed by atoms with E-state index in [1.807, 2.05) is 19.9 Å². The van der Waals surface area contributed by atoms with Gasteiger partial charge in [-0.15, -0.1) is 0 Å². The van der Waals surface area contributed by atoms with Gasteiger partial charge in [0, 0.05) is 19.6 Å². The van der Waals surface area contributed by atoms with Crippen LogP contribution in [0.4, 0.5) is 4.39 Å². The maximum absolute atomic E-state index is 13.6. The van der Waals surface area contributed by atoms with E-state index in [9.17, 15) is 14.3 Å². The molecule has 1 N–H and O–H groups in total. The Morgan fingerprint density at radius 2 is 1.67 bits per heavy atom. The van der Waals surface area contributed by atoms with Crippen LogP contribution >= 0.6 is 0 Å². The molecule has 1 heterocycles. The zero-order valence-electron chi connectivity index (χ0n) is 17.6. The highest BCUT2D eigenvalue weighted by Crippen LogP contribution is 2.39. The predicted octanol–water partition coefficient (Wildman–Crippen LogP) is 5.56. The molecule has 0 atom stereocenters. The van der Waals surface area contributed by atoms with Crippen molar-refractivity contribution in [2.75, 3.05) is 0 Å². The molecule has 0 bridgehead atoms. The number of halogens is 1. The van der Waals surface area contributed by atoms with E-state index in [1.165, 1.54) is 22.8 Å². The number of aliphatic carboxylic acids is 1. The monoisotopic (exact) mass is 403 g/mol. The Labute approximate surface area is 176 Å². The Morgan fingerprint density at radius 1 is 1.00 bits per heavy atom. The third-order valence-electron chi connectivity index (χ3n) is 6.13. The average molecular weight is 403 g/mol. The topological polar surface area (TPSA) is 40.5 Å². The highest BCUT2D eigenvalue weighted by atomic mass is 19.1. The minimum Gasteiger partial charge on any atom is -0.481 e. The van der Waals surface area contributed by atoms with E-state index in [4.69, 9.17) is 0 Å². The summed E-state index contributed by atoms with van der Waals surface area (Å²) in [5, 5.41) is 9.57. The van der Waals surface area contributed by atoms with Gasteiger partial charge in [-0.3, -0.25) is 9.69 Å². The zero-order valence-corrected chi connectivity index (χ0v) is 17.6. The number of nitrogens with zero attached hydrogens (tertiary/aromatic N) is 1. The fourth-order valence-electron chi connectivity index (χ4n) is 4.62. The predicted molar refractivity (Wildman–Crippen MR) is 117 cm³/mol. The molecule has 0 radical (unpaired) electrons. The SMILES string of the molecule is Cc1ccc(-c2c(C)c3c(c(C)c2CC(=O)O)CN(Cc2cccc(F)c2)C3)cc1. The Hall–Kier alpha value is -2.98. The quantitative estimate of drug-likeness (QED) is 0.606. The second-order valence-electron chi connectivity index (χ2n) is 8.27. The van der Waals surface area contributed by atoms with Crippen molar-refractivity contribution in [3.63, 3.8) is 0 Å². The second kappa shape index (κ2) is 8.04. The van der Waals surface area contributed by atoms with Crippen LogP contribution in [0.3, 0.4) is 0 Å². The van der Waals surface area contributed by atoms with E-state index in [1.54, 1.807) is 12.1 Å². The van der Waals surface area contributed by atoms with Crippen LogP contribution in [0.5, 0.6) is 0 Å². The average Bonchev–Trinajstić information content (AvgIpc) is 3.11. The number of carbonyl (C=O) groups is 1. The molecule has 0 saturated heterocycles. The van der Waals surface area contributed by atoms with Crippen molar-refractivity contribution in [3.05, 3.63) is 93.3 Å². The number of carboxylic acids is 1. The van der Waals surface area contributed by atoms with Gasteiger partial charge in [-0.25, -0.2) is 4.39 Å². The fraction of sp³-hybridized carbons (Fsp3) is 0.269. The van der Waals surface area contributed by atoms with Crippen molar-refractivity contribution in [1.29, 1.82) is 0 Å². The highest BCUT2D eigenvalue weighted by Gasteiger charge is 2.28. The fourth-order valence-corrected chi connectivity index (χ4v) is 4.62. The summed E-state index contributed by atoms with van der Waals surface area (Å²) in [4.78, 5) is 14.0. The van der Waals surface area contributed by atoms with E-state index in [-0.39, 0.29) is 12.2 Å². The molecule has 4 rings (SSSR count). The van der Waals surface area contributed by atoms with Gasteiger partial charge >= 0.3 is 5.97 Å². The lowest BCUT2D eigenvalue weighted by atomic mass is 9.84. The number of aryl methyl sites for hydroxylation is 1. The van der Waals surface area contributed by atoms with Crippen LogP contribution in [0, 0.1) is 26.6 Å². The van der Waals surface area contributed by atoms with E-state index in [0.717, 1.165) is 46.5 Å². The summed E-state index contributed by atoms with van der Waals surface area (Å²) in [5.41, 5.74) is 9.83. The Morgan fingerprint density at radius 3 is 2.30 bits per heavy atom. The number of hydrogen-bond donors (Lipinski definition) is 1. The van der Waals surface area contributed by atoms with Gasteiger partial charge in [-0.1, -0.05) is 42.0 Å². The molecular formula is C26H26FNO2. The molecule has 0 spiro atoms. The number of rotatable bonds is 5. The molecule has 3 aromatic carbocycles. The van der Waals surface area contributed by atoms with E-state index < -0.39 is 5.97 Å². The van der Waals surface area contributed by atoms with Crippen molar-refractivity contribution >= 4 is 5.97 Å². The Balaban J connectivity index is 1.77. The second-order valence-corrected chi connectivity index (χ2v) is 8.27. The third kappa shape index (κ3) is 3.88. The maximum Gasteiger partial charge on any atom is 0.307 e. The van der Waals surface area contributed by atoms with Gasteiger partial charge in [0.2, 0.25) is 0 Å². The molecule has 154 valence electrons. The molecule has 4 heteroatoms. The van der Waals surface area contributed by atoms with Gasteiger partial charge in [-0.05, 0) is 77.4 Å². The lowest BCUT2D eigenvalue weighted by Gasteiger charge is -2.20. The van der Waals surface area contributed by atoms with Gasteiger partial charge in [-0.2, -0.15) is 0 Å². The molecule has 0 aromatic heterocycles. The van der Waals surface area contributed by atoms with E-state index >= 15 is 0 Å². The number of fused-ring (bicyclic) bond motifs is 1. The Kier molecular flexibility index (Phi) is 5.44. The number of benzene rings is 3. The smallest absolute Gasteiger partial charge is 0.307 e. The van der Waals surface area contributed by atoms with Gasteiger partial charge in [0.15, 0.2) is 0 Å². The van der Waals surface area contributed by atoms with Crippen LogP contribution in [0.1, 0.15) is 38.9 Å². The first-order valence-electron chi connectivity index (χ1n) is 10.2. The van der Waals surface area contributed by atoms with Crippen molar-refractivity contribution < 1.29 is 14.3 Å². The third-order valence-corrected chi connectivity index (χ3v) is 6.13. The number of hydrogen-bond acceptors (Lipinski definition) is 2. The van der Waals surface area contributed by atoms with E-state index in [0.29, 0.717) is 6.54 Å². The number of carboxylic acid groups (broad SMARTS) is 1. The minimum atomic E-state index is -0.819. The molecule has 0 amide bonds. The van der Waals surface area contributed by atoms with Gasteiger partial charge < -0.3 is 5.11 Å². The molecule has 1 aliphatic heterocycles. The maximum atomic E-state index is 13.6. The molecule has 0 aliphatic carbocycles. The summed E-state index contributed by atoms with van der Waals surface area (Å²) >= 11 is 0. The first kappa shape index (κ1) is 20.3. The molecule has 30 heavy (non-hydrogen) atoms. The minimum absolute atomic E-state index is 0.00700. The summed E-state index contributed by atoms with van der Waals surface area (Å²) in [6.07, 6.45) is 0.00700. The van der Waals surface area contributed by atoms with Crippen LogP contribution in [-0.4, -0.2) is 16.0 Å².